The fraction of sp³-hybridized carbons (Fsp3) is 0.727. The van der Waals surface area contributed by atoms with Gasteiger partial charge < -0.3 is 9.84 Å². The largest absolute Gasteiger partial charge is 0.387 e. The number of aryl methyl sites for hydroxylation is 2. The van der Waals surface area contributed by atoms with Crippen LogP contribution in [-0.4, -0.2) is 33.7 Å². The first-order valence-electron chi connectivity index (χ1n) is 5.46. The summed E-state index contributed by atoms with van der Waals surface area (Å²) in [5.74, 6) is 0. The molecule has 0 amide bonds. The van der Waals surface area contributed by atoms with Crippen LogP contribution < -0.4 is 0 Å². The van der Waals surface area contributed by atoms with E-state index in [1.54, 1.807) is 0 Å². The molecule has 4 nitrogen and oxygen atoms in total. The van der Waals surface area contributed by atoms with E-state index in [0.29, 0.717) is 19.6 Å². The molecule has 4 heteroatoms. The Morgan fingerprint density at radius 2 is 2.47 bits per heavy atom. The molecular formula is C11H18N2O2. The van der Waals surface area contributed by atoms with Crippen molar-refractivity contribution in [1.82, 2.24) is 9.78 Å². The Kier molecular flexibility index (Phi) is 2.80. The molecular weight excluding hydrogens is 192 g/mol. The van der Waals surface area contributed by atoms with Gasteiger partial charge in [0.25, 0.3) is 0 Å². The standard InChI is InChI=1S/C11H18N2O2/c1-3-13-10(6-9(2)12-13)7-11(14)4-5-15-8-11/h6,14H,3-5,7-8H2,1-2H3. The lowest BCUT2D eigenvalue weighted by atomic mass is 9.97. The van der Waals surface area contributed by atoms with Gasteiger partial charge in [-0.1, -0.05) is 0 Å². The van der Waals surface area contributed by atoms with Gasteiger partial charge in [0.1, 0.15) is 0 Å². The van der Waals surface area contributed by atoms with Crippen LogP contribution in [0.1, 0.15) is 24.7 Å². The first-order chi connectivity index (χ1) is 7.13. The van der Waals surface area contributed by atoms with Crippen molar-refractivity contribution in [3.8, 4) is 0 Å². The number of aliphatic hydroxyl groups is 1. The number of hydrogen-bond donors (Lipinski definition) is 1. The van der Waals surface area contributed by atoms with Crippen LogP contribution in [0.3, 0.4) is 0 Å². The zero-order valence-electron chi connectivity index (χ0n) is 9.36. The second-order valence-electron chi connectivity index (χ2n) is 4.30. The second kappa shape index (κ2) is 3.94. The fourth-order valence-electron chi connectivity index (χ4n) is 2.09. The van der Waals surface area contributed by atoms with Crippen molar-refractivity contribution in [1.29, 1.82) is 0 Å². The summed E-state index contributed by atoms with van der Waals surface area (Å²) in [4.78, 5) is 0. The predicted octanol–water partition coefficient (Wildman–Crippen LogP) is 0.905. The van der Waals surface area contributed by atoms with Gasteiger partial charge >= 0.3 is 0 Å². The van der Waals surface area contributed by atoms with Gasteiger partial charge in [-0.15, -0.1) is 0 Å². The minimum absolute atomic E-state index is 0.445. The molecule has 1 saturated heterocycles. The minimum Gasteiger partial charge on any atom is -0.387 e. The van der Waals surface area contributed by atoms with Gasteiger partial charge in [0.05, 0.1) is 17.9 Å². The molecule has 1 aliphatic heterocycles. The van der Waals surface area contributed by atoms with E-state index < -0.39 is 5.60 Å². The summed E-state index contributed by atoms with van der Waals surface area (Å²) in [5, 5.41) is 14.6. The van der Waals surface area contributed by atoms with Crippen LogP contribution in [0.15, 0.2) is 6.07 Å². The third kappa shape index (κ3) is 2.21. The topological polar surface area (TPSA) is 47.3 Å². The Morgan fingerprint density at radius 1 is 1.67 bits per heavy atom. The van der Waals surface area contributed by atoms with Crippen molar-refractivity contribution < 1.29 is 9.84 Å². The zero-order chi connectivity index (χ0) is 10.9. The van der Waals surface area contributed by atoms with Gasteiger partial charge in [0, 0.05) is 31.7 Å². The monoisotopic (exact) mass is 210 g/mol. The third-order valence-corrected chi connectivity index (χ3v) is 2.88. The smallest absolute Gasteiger partial charge is 0.0956 e. The summed E-state index contributed by atoms with van der Waals surface area (Å²) in [5.41, 5.74) is 1.43. The Morgan fingerprint density at radius 3 is 3.07 bits per heavy atom. The molecule has 1 aromatic heterocycles. The molecule has 0 aromatic carbocycles. The maximum absolute atomic E-state index is 10.2. The Labute approximate surface area is 89.9 Å². The van der Waals surface area contributed by atoms with E-state index in [9.17, 15) is 5.11 Å². The molecule has 0 bridgehead atoms. The summed E-state index contributed by atoms with van der Waals surface area (Å²) in [6, 6.07) is 2.04. The highest BCUT2D eigenvalue weighted by Gasteiger charge is 2.33. The first-order valence-corrected chi connectivity index (χ1v) is 5.46. The van der Waals surface area contributed by atoms with Crippen molar-refractivity contribution >= 4 is 0 Å². The van der Waals surface area contributed by atoms with Crippen molar-refractivity contribution in [3.05, 3.63) is 17.5 Å². The van der Waals surface area contributed by atoms with E-state index in [2.05, 4.69) is 12.0 Å². The number of ether oxygens (including phenoxy) is 1. The molecule has 1 fully saturated rings. The number of hydrogen-bond acceptors (Lipinski definition) is 3. The average molecular weight is 210 g/mol. The SMILES string of the molecule is CCn1nc(C)cc1CC1(O)CCOC1. The first kappa shape index (κ1) is 10.6. The Bertz CT molecular complexity index is 340. The van der Waals surface area contributed by atoms with Crippen LogP contribution >= 0.6 is 0 Å². The normalized spacial score (nSPS) is 26.1. The quantitative estimate of drug-likeness (QED) is 0.806. The van der Waals surface area contributed by atoms with Gasteiger partial charge in [0.15, 0.2) is 0 Å². The molecule has 0 spiro atoms. The van der Waals surface area contributed by atoms with E-state index in [0.717, 1.165) is 24.4 Å². The number of nitrogens with zero attached hydrogens (tertiary/aromatic N) is 2. The molecule has 2 rings (SSSR count). The summed E-state index contributed by atoms with van der Waals surface area (Å²) >= 11 is 0. The molecule has 1 aliphatic rings. The highest BCUT2D eigenvalue weighted by Crippen LogP contribution is 2.23. The van der Waals surface area contributed by atoms with Crippen LogP contribution in [0.5, 0.6) is 0 Å². The van der Waals surface area contributed by atoms with E-state index >= 15 is 0 Å². The van der Waals surface area contributed by atoms with Crippen LogP contribution in [0.2, 0.25) is 0 Å². The summed E-state index contributed by atoms with van der Waals surface area (Å²) < 4.78 is 7.18. The highest BCUT2D eigenvalue weighted by molar-refractivity contribution is 5.12. The van der Waals surface area contributed by atoms with E-state index in [1.165, 1.54) is 0 Å². The van der Waals surface area contributed by atoms with E-state index in [-0.39, 0.29) is 0 Å². The third-order valence-electron chi connectivity index (χ3n) is 2.88. The molecule has 84 valence electrons. The molecule has 1 unspecified atom stereocenters. The molecule has 1 aromatic rings. The van der Waals surface area contributed by atoms with E-state index in [1.807, 2.05) is 17.7 Å². The van der Waals surface area contributed by atoms with Gasteiger partial charge in [-0.25, -0.2) is 0 Å². The van der Waals surface area contributed by atoms with Gasteiger partial charge in [-0.05, 0) is 19.9 Å². The maximum Gasteiger partial charge on any atom is 0.0956 e. The molecule has 0 saturated carbocycles. The minimum atomic E-state index is -0.681. The summed E-state index contributed by atoms with van der Waals surface area (Å²) in [7, 11) is 0. The van der Waals surface area contributed by atoms with Crippen LogP contribution in [0, 0.1) is 6.92 Å². The maximum atomic E-state index is 10.2. The van der Waals surface area contributed by atoms with Crippen LogP contribution in [0.4, 0.5) is 0 Å². The van der Waals surface area contributed by atoms with Crippen molar-refractivity contribution in [3.63, 3.8) is 0 Å². The second-order valence-corrected chi connectivity index (χ2v) is 4.30. The van der Waals surface area contributed by atoms with Crippen LogP contribution in [-0.2, 0) is 17.7 Å². The molecule has 1 N–H and O–H groups in total. The Balaban J connectivity index is 2.15. The van der Waals surface area contributed by atoms with Gasteiger partial charge in [-0.3, -0.25) is 4.68 Å². The van der Waals surface area contributed by atoms with Crippen molar-refractivity contribution in [2.45, 2.75) is 38.8 Å². The zero-order valence-corrected chi connectivity index (χ0v) is 9.36. The van der Waals surface area contributed by atoms with Crippen molar-refractivity contribution in [2.24, 2.45) is 0 Å². The lowest BCUT2D eigenvalue weighted by molar-refractivity contribution is 0.0254. The molecule has 15 heavy (non-hydrogen) atoms. The van der Waals surface area contributed by atoms with Crippen molar-refractivity contribution in [2.75, 3.05) is 13.2 Å². The number of aromatic nitrogens is 2. The van der Waals surface area contributed by atoms with E-state index in [4.69, 9.17) is 4.74 Å². The molecule has 1 atom stereocenters. The lowest BCUT2D eigenvalue weighted by Crippen LogP contribution is -2.32. The average Bonchev–Trinajstić information content (AvgIpc) is 2.73. The fourth-order valence-corrected chi connectivity index (χ4v) is 2.09. The summed E-state index contributed by atoms with van der Waals surface area (Å²) in [6.45, 7) is 5.99. The predicted molar refractivity (Wildman–Crippen MR) is 56.7 cm³/mol. The lowest BCUT2D eigenvalue weighted by Gasteiger charge is -2.20. The molecule has 0 radical (unpaired) electrons. The number of rotatable bonds is 3. The molecule has 0 aliphatic carbocycles. The van der Waals surface area contributed by atoms with Gasteiger partial charge in [0.2, 0.25) is 0 Å². The Hall–Kier alpha value is -0.870. The van der Waals surface area contributed by atoms with Gasteiger partial charge in [-0.2, -0.15) is 5.10 Å². The summed E-state index contributed by atoms with van der Waals surface area (Å²) in [6.07, 6.45) is 1.36. The highest BCUT2D eigenvalue weighted by atomic mass is 16.5. The van der Waals surface area contributed by atoms with Crippen LogP contribution in [0.25, 0.3) is 0 Å². The molecule has 2 heterocycles.